The van der Waals surface area contributed by atoms with E-state index in [1.165, 1.54) is 11.1 Å². The second kappa shape index (κ2) is 10.7. The van der Waals surface area contributed by atoms with Crippen molar-refractivity contribution in [3.63, 3.8) is 0 Å². The van der Waals surface area contributed by atoms with Crippen molar-refractivity contribution in [1.29, 1.82) is 0 Å². The highest BCUT2D eigenvalue weighted by Gasteiger charge is 2.21. The Morgan fingerprint density at radius 1 is 1.00 bits per heavy atom. The van der Waals surface area contributed by atoms with Crippen LogP contribution in [0.25, 0.3) is 0 Å². The van der Waals surface area contributed by atoms with Crippen LogP contribution in [0.4, 0.5) is 5.69 Å². The fourth-order valence-electron chi connectivity index (χ4n) is 3.00. The van der Waals surface area contributed by atoms with Crippen molar-refractivity contribution in [1.82, 2.24) is 5.32 Å². The molecule has 2 rings (SSSR count). The highest BCUT2D eigenvalue weighted by molar-refractivity contribution is 7.80. The molecule has 0 amide bonds. The van der Waals surface area contributed by atoms with E-state index in [1.807, 2.05) is 30.3 Å². The van der Waals surface area contributed by atoms with Gasteiger partial charge in [0.25, 0.3) is 0 Å². The van der Waals surface area contributed by atoms with Gasteiger partial charge in [0, 0.05) is 12.1 Å². The van der Waals surface area contributed by atoms with Crippen LogP contribution in [0.15, 0.2) is 48.5 Å². The first kappa shape index (κ1) is 20.9. The van der Waals surface area contributed by atoms with E-state index < -0.39 is 6.04 Å². The number of esters is 1. The Balaban J connectivity index is 2.15. The summed E-state index contributed by atoms with van der Waals surface area (Å²) in [6.45, 7) is 6.38. The number of nitrogens with one attached hydrogen (secondary N) is 2. The lowest BCUT2D eigenvalue weighted by molar-refractivity contribution is -0.145. The Morgan fingerprint density at radius 3 is 2.19 bits per heavy atom. The fourth-order valence-corrected chi connectivity index (χ4v) is 3.24. The largest absolute Gasteiger partial charge is 0.464 e. The summed E-state index contributed by atoms with van der Waals surface area (Å²) in [5.74, 6) is -0.301. The lowest BCUT2D eigenvalue weighted by Crippen LogP contribution is -2.45. The number of hydrogen-bond donors (Lipinski definition) is 2. The van der Waals surface area contributed by atoms with Gasteiger partial charge in [-0.05, 0) is 48.7 Å². The molecule has 0 aliphatic carbocycles. The van der Waals surface area contributed by atoms with Gasteiger partial charge >= 0.3 is 5.97 Å². The summed E-state index contributed by atoms with van der Waals surface area (Å²) >= 11 is 5.52. The molecule has 0 heterocycles. The van der Waals surface area contributed by atoms with Crippen molar-refractivity contribution in [3.05, 3.63) is 65.2 Å². The maximum Gasteiger partial charge on any atom is 0.328 e. The molecule has 0 spiro atoms. The number of hydrogen-bond acceptors (Lipinski definition) is 3. The quantitative estimate of drug-likeness (QED) is 0.526. The fraction of sp³-hybridized carbons (Fsp3) is 0.364. The maximum absolute atomic E-state index is 12.4. The van der Waals surface area contributed by atoms with Gasteiger partial charge in [0.05, 0.1) is 6.61 Å². The first-order valence-electron chi connectivity index (χ1n) is 9.47. The molecule has 2 N–H and O–H groups in total. The second-order valence-electron chi connectivity index (χ2n) is 6.25. The Bertz CT molecular complexity index is 740. The lowest BCUT2D eigenvalue weighted by Gasteiger charge is -2.21. The molecule has 0 fully saturated rings. The third-order valence-corrected chi connectivity index (χ3v) is 4.62. The van der Waals surface area contributed by atoms with Crippen molar-refractivity contribution in [2.45, 2.75) is 46.1 Å². The zero-order valence-electron chi connectivity index (χ0n) is 16.2. The smallest absolute Gasteiger partial charge is 0.328 e. The van der Waals surface area contributed by atoms with Crippen LogP contribution in [0.3, 0.4) is 0 Å². The standard InChI is InChI=1S/C22H28N2O2S/c1-4-17-13-10-14-18(5-2)20(17)24-22(27)23-19(21(25)26-6-3)15-16-11-8-7-9-12-16/h7-14,19H,4-6,15H2,1-3H3,(H2,23,24,27). The molecule has 0 saturated heterocycles. The molecular formula is C22H28N2O2S. The number of benzene rings is 2. The van der Waals surface area contributed by atoms with Crippen LogP contribution in [0.1, 0.15) is 37.5 Å². The third-order valence-electron chi connectivity index (χ3n) is 4.40. The Kier molecular flexibility index (Phi) is 8.27. The molecule has 5 heteroatoms. The Morgan fingerprint density at radius 2 is 1.63 bits per heavy atom. The van der Waals surface area contributed by atoms with Gasteiger partial charge in [0.15, 0.2) is 5.11 Å². The maximum atomic E-state index is 12.4. The minimum Gasteiger partial charge on any atom is -0.464 e. The Hall–Kier alpha value is -2.40. The second-order valence-corrected chi connectivity index (χ2v) is 6.66. The van der Waals surface area contributed by atoms with E-state index in [0.717, 1.165) is 24.1 Å². The number of rotatable bonds is 8. The summed E-state index contributed by atoms with van der Waals surface area (Å²) in [6, 6.07) is 15.6. The van der Waals surface area contributed by atoms with Gasteiger partial charge in [-0.25, -0.2) is 4.79 Å². The van der Waals surface area contributed by atoms with Crippen molar-refractivity contribution < 1.29 is 9.53 Å². The van der Waals surface area contributed by atoms with Gasteiger partial charge in [-0.2, -0.15) is 0 Å². The number of anilines is 1. The van der Waals surface area contributed by atoms with E-state index >= 15 is 0 Å². The number of thiocarbonyl (C=S) groups is 1. The predicted molar refractivity (Wildman–Crippen MR) is 115 cm³/mol. The van der Waals surface area contributed by atoms with Crippen LogP contribution >= 0.6 is 12.2 Å². The number of carbonyl (C=O) groups excluding carboxylic acids is 1. The molecular weight excluding hydrogens is 356 g/mol. The van der Waals surface area contributed by atoms with Crippen LogP contribution in [0, 0.1) is 0 Å². The van der Waals surface area contributed by atoms with Gasteiger partial charge in [0.2, 0.25) is 0 Å². The number of aryl methyl sites for hydroxylation is 2. The first-order valence-corrected chi connectivity index (χ1v) is 9.88. The van der Waals surface area contributed by atoms with Gasteiger partial charge in [-0.1, -0.05) is 62.4 Å². The van der Waals surface area contributed by atoms with Crippen molar-refractivity contribution >= 4 is 29.0 Å². The summed E-state index contributed by atoms with van der Waals surface area (Å²) in [7, 11) is 0. The first-order chi connectivity index (χ1) is 13.1. The average Bonchev–Trinajstić information content (AvgIpc) is 2.68. The summed E-state index contributed by atoms with van der Waals surface area (Å²) in [6.07, 6.45) is 2.33. The normalized spacial score (nSPS) is 11.5. The van der Waals surface area contributed by atoms with Gasteiger partial charge in [-0.15, -0.1) is 0 Å². The minimum atomic E-state index is -0.536. The van der Waals surface area contributed by atoms with Crippen LogP contribution in [0.2, 0.25) is 0 Å². The van der Waals surface area contributed by atoms with Crippen molar-refractivity contribution in [2.24, 2.45) is 0 Å². The minimum absolute atomic E-state index is 0.301. The van der Waals surface area contributed by atoms with Gasteiger partial charge < -0.3 is 15.4 Å². The summed E-state index contributed by atoms with van der Waals surface area (Å²) < 4.78 is 5.23. The van der Waals surface area contributed by atoms with Crippen LogP contribution in [-0.4, -0.2) is 23.7 Å². The SMILES string of the molecule is CCOC(=O)C(Cc1ccccc1)NC(=S)Nc1c(CC)cccc1CC. The molecule has 2 aromatic rings. The van der Waals surface area contributed by atoms with E-state index in [0.29, 0.717) is 18.1 Å². The monoisotopic (exact) mass is 384 g/mol. The predicted octanol–water partition coefficient (Wildman–Crippen LogP) is 4.27. The molecule has 27 heavy (non-hydrogen) atoms. The van der Waals surface area contributed by atoms with Crippen LogP contribution in [-0.2, 0) is 28.8 Å². The van der Waals surface area contributed by atoms with Crippen molar-refractivity contribution in [3.8, 4) is 0 Å². The number of para-hydroxylation sites is 1. The molecule has 144 valence electrons. The van der Waals surface area contributed by atoms with Crippen LogP contribution < -0.4 is 10.6 Å². The summed E-state index contributed by atoms with van der Waals surface area (Å²) in [4.78, 5) is 12.4. The molecule has 2 aromatic carbocycles. The van der Waals surface area contributed by atoms with E-state index in [9.17, 15) is 4.79 Å². The zero-order valence-corrected chi connectivity index (χ0v) is 17.1. The van der Waals surface area contributed by atoms with E-state index in [2.05, 4.69) is 42.7 Å². The summed E-state index contributed by atoms with van der Waals surface area (Å²) in [5, 5.41) is 6.88. The molecule has 0 aromatic heterocycles. The topological polar surface area (TPSA) is 50.4 Å². The lowest BCUT2D eigenvalue weighted by atomic mass is 10.0. The third kappa shape index (κ3) is 6.07. The van der Waals surface area contributed by atoms with E-state index in [4.69, 9.17) is 17.0 Å². The number of carbonyl (C=O) groups is 1. The Labute approximate surface area is 167 Å². The molecule has 0 aliphatic heterocycles. The molecule has 4 nitrogen and oxygen atoms in total. The molecule has 0 radical (unpaired) electrons. The average molecular weight is 385 g/mol. The van der Waals surface area contributed by atoms with Gasteiger partial charge in [0.1, 0.15) is 6.04 Å². The number of ether oxygens (including phenoxy) is 1. The zero-order chi connectivity index (χ0) is 19.6. The molecule has 1 unspecified atom stereocenters. The molecule has 0 aliphatic rings. The molecule has 0 bridgehead atoms. The highest BCUT2D eigenvalue weighted by Crippen LogP contribution is 2.22. The van der Waals surface area contributed by atoms with E-state index in [1.54, 1.807) is 6.92 Å². The molecule has 0 saturated carbocycles. The summed E-state index contributed by atoms with van der Waals surface area (Å²) in [5.41, 5.74) is 4.49. The van der Waals surface area contributed by atoms with E-state index in [-0.39, 0.29) is 5.97 Å². The van der Waals surface area contributed by atoms with Crippen molar-refractivity contribution in [2.75, 3.05) is 11.9 Å². The van der Waals surface area contributed by atoms with Gasteiger partial charge in [-0.3, -0.25) is 0 Å². The van der Waals surface area contributed by atoms with Crippen LogP contribution in [0.5, 0.6) is 0 Å². The highest BCUT2D eigenvalue weighted by atomic mass is 32.1. The molecule has 1 atom stereocenters.